The van der Waals surface area contributed by atoms with Crippen molar-refractivity contribution in [3.63, 3.8) is 0 Å². The summed E-state index contributed by atoms with van der Waals surface area (Å²) in [5.41, 5.74) is -2.99. The molecule has 5 rings (SSSR count). The molecule has 9 atom stereocenters. The maximum atomic E-state index is 15.8. The molecule has 13 nitrogen and oxygen atoms in total. The number of Topliss-reactive ketones (excluding diaryl/α,β-unsaturated/α-hetero) is 1. The number of fused-ring (bicyclic) bond motifs is 7. The second kappa shape index (κ2) is 13.0. The molecule has 260 valence electrons. The van der Waals surface area contributed by atoms with Crippen molar-refractivity contribution in [2.75, 3.05) is 19.8 Å². The number of nitrogens with zero attached hydrogens (tertiary/aromatic N) is 1. The van der Waals surface area contributed by atoms with E-state index in [2.05, 4.69) is 10.2 Å². The van der Waals surface area contributed by atoms with Crippen LogP contribution >= 0.6 is 0 Å². The van der Waals surface area contributed by atoms with E-state index in [1.165, 1.54) is 12.2 Å². The molecule has 0 aromatic carbocycles. The van der Waals surface area contributed by atoms with Gasteiger partial charge in [0.05, 0.1) is 25.2 Å². The molecular formula is C33H45FN2O11. The number of ketones is 2. The van der Waals surface area contributed by atoms with Gasteiger partial charge in [-0.25, -0.2) is 4.39 Å². The Bertz CT molecular complexity index is 1370. The predicted molar refractivity (Wildman–Crippen MR) is 161 cm³/mol. The van der Waals surface area contributed by atoms with Crippen LogP contribution in [0.4, 0.5) is 4.39 Å². The van der Waals surface area contributed by atoms with Gasteiger partial charge < -0.3 is 29.5 Å². The number of esters is 1. The van der Waals surface area contributed by atoms with Crippen LogP contribution in [0.1, 0.15) is 79.1 Å². The van der Waals surface area contributed by atoms with Crippen molar-refractivity contribution in [3.05, 3.63) is 33.9 Å². The third-order valence-electron chi connectivity index (χ3n) is 11.1. The maximum absolute atomic E-state index is 15.8. The molecule has 0 bridgehead atoms. The highest BCUT2D eigenvalue weighted by Gasteiger charge is 2.77. The molecule has 1 heterocycles. The maximum Gasteiger partial charge on any atom is 0.308 e. The number of rotatable bonds is 13. The average molecular weight is 665 g/mol. The fourth-order valence-corrected chi connectivity index (χ4v) is 9.35. The summed E-state index contributed by atoms with van der Waals surface area (Å²) in [4.78, 5) is 65.3. The minimum absolute atomic E-state index is 0.00535. The summed E-state index contributed by atoms with van der Waals surface area (Å²) < 4.78 is 33.9. The molecular weight excluding hydrogens is 619 g/mol. The number of hydrogen-bond donors (Lipinski definition) is 2. The van der Waals surface area contributed by atoms with Crippen molar-refractivity contribution in [3.8, 4) is 0 Å². The summed E-state index contributed by atoms with van der Waals surface area (Å²) in [7, 11) is 0. The van der Waals surface area contributed by atoms with Crippen LogP contribution in [0.2, 0.25) is 0 Å². The minimum Gasteiger partial charge on any atom is -0.457 e. The smallest absolute Gasteiger partial charge is 0.308 e. The van der Waals surface area contributed by atoms with Gasteiger partial charge in [0.1, 0.15) is 6.17 Å². The predicted octanol–water partition coefficient (Wildman–Crippen LogP) is 3.10. The molecule has 4 fully saturated rings. The molecule has 47 heavy (non-hydrogen) atoms. The monoisotopic (exact) mass is 664 g/mol. The SMILES string of the molecule is CC1(C)O[C@@H]2CC3C4C[C@H](F)C5=CC(=O)C=C[C@]5(C)C4[C@@H](O)C[C@]3(C)[C@@]2(C(=O)COC(=O)CCNC(=O)CCCCCO[N+](=O)[O-])O1. The van der Waals surface area contributed by atoms with E-state index >= 15 is 4.39 Å². The van der Waals surface area contributed by atoms with Crippen molar-refractivity contribution >= 4 is 23.4 Å². The number of alkyl halides is 1. The number of nitrogens with one attached hydrogen (secondary N) is 1. The zero-order valence-corrected chi connectivity index (χ0v) is 27.3. The molecule has 1 amide bonds. The number of aliphatic hydroxyl groups is 1. The van der Waals surface area contributed by atoms with Crippen molar-refractivity contribution in [1.29, 1.82) is 0 Å². The summed E-state index contributed by atoms with van der Waals surface area (Å²) in [6.07, 6.45) is 3.67. The van der Waals surface area contributed by atoms with Crippen molar-refractivity contribution in [1.82, 2.24) is 5.32 Å². The van der Waals surface area contributed by atoms with Gasteiger partial charge in [0.15, 0.2) is 23.8 Å². The highest BCUT2D eigenvalue weighted by Crippen LogP contribution is 2.70. The Morgan fingerprint density at radius 3 is 2.62 bits per heavy atom. The first-order chi connectivity index (χ1) is 22.0. The molecule has 3 unspecified atom stereocenters. The first-order valence-corrected chi connectivity index (χ1v) is 16.4. The normalized spacial score (nSPS) is 37.9. The highest BCUT2D eigenvalue weighted by molar-refractivity contribution is 6.01. The first kappa shape index (κ1) is 35.1. The van der Waals surface area contributed by atoms with Gasteiger partial charge in [-0.15, -0.1) is 10.1 Å². The van der Waals surface area contributed by atoms with Crippen LogP contribution in [-0.2, 0) is 38.2 Å². The largest absolute Gasteiger partial charge is 0.457 e. The van der Waals surface area contributed by atoms with Gasteiger partial charge >= 0.3 is 5.97 Å². The lowest BCUT2D eigenvalue weighted by Gasteiger charge is -2.60. The van der Waals surface area contributed by atoms with Crippen LogP contribution in [0.5, 0.6) is 0 Å². The lowest BCUT2D eigenvalue weighted by Crippen LogP contribution is -2.64. The van der Waals surface area contributed by atoms with E-state index in [4.69, 9.17) is 14.2 Å². The van der Waals surface area contributed by atoms with E-state index in [-0.39, 0.29) is 68.3 Å². The minimum atomic E-state index is -1.55. The zero-order valence-electron chi connectivity index (χ0n) is 27.3. The molecule has 4 aliphatic carbocycles. The van der Waals surface area contributed by atoms with E-state index in [1.54, 1.807) is 19.9 Å². The molecule has 0 aromatic rings. The molecule has 2 N–H and O–H groups in total. The lowest BCUT2D eigenvalue weighted by atomic mass is 9.46. The molecule has 1 aliphatic heterocycles. The summed E-state index contributed by atoms with van der Waals surface area (Å²) in [5, 5.41) is 23.7. The topological polar surface area (TPSA) is 181 Å². The van der Waals surface area contributed by atoms with Crippen molar-refractivity contribution < 1.29 is 52.8 Å². The third-order valence-corrected chi connectivity index (χ3v) is 11.1. The van der Waals surface area contributed by atoms with E-state index in [0.29, 0.717) is 31.3 Å². The fraction of sp³-hybridized carbons (Fsp3) is 0.758. The van der Waals surface area contributed by atoms with E-state index in [1.807, 2.05) is 13.8 Å². The summed E-state index contributed by atoms with van der Waals surface area (Å²) in [6, 6.07) is 0. The molecule has 0 aromatic heterocycles. The zero-order chi connectivity index (χ0) is 34.4. The van der Waals surface area contributed by atoms with Gasteiger partial charge in [0.25, 0.3) is 5.09 Å². The Kier molecular flexibility index (Phi) is 9.70. The highest BCUT2D eigenvalue weighted by atomic mass is 19.1. The second-order valence-electron chi connectivity index (χ2n) is 14.4. The van der Waals surface area contributed by atoms with Gasteiger partial charge in [-0.1, -0.05) is 26.3 Å². The van der Waals surface area contributed by atoms with Crippen molar-refractivity contribution in [2.45, 2.75) is 109 Å². The third kappa shape index (κ3) is 6.35. The summed E-state index contributed by atoms with van der Waals surface area (Å²) in [5.74, 6) is -3.84. The van der Waals surface area contributed by atoms with Gasteiger partial charge in [0.2, 0.25) is 11.7 Å². The lowest BCUT2D eigenvalue weighted by molar-refractivity contribution is -0.757. The standard InChI is InChI=1S/C33H45FN2O11/c1-30(2)46-26-16-21-20-15-23(34)22-14-19(37)9-11-31(22,3)29(20)24(38)17-32(21,4)33(26,47-30)25(39)18-44-28(41)10-12-35-27(40)8-6-5-7-13-45-36(42)43/h9,11,14,20-21,23-24,26,29,38H,5-8,10,12-13,15-18H2,1-4H3,(H,35,40)/t20?,21?,23-,24-,26+,29?,31-,32-,33-/m0/s1. The molecule has 5 aliphatic rings. The van der Waals surface area contributed by atoms with Crippen LogP contribution in [0.3, 0.4) is 0 Å². The van der Waals surface area contributed by atoms with Gasteiger partial charge in [0, 0.05) is 29.7 Å². The molecule has 1 saturated heterocycles. The Hall–Kier alpha value is -3.23. The number of aliphatic hydroxyl groups excluding tert-OH is 1. The fourth-order valence-electron chi connectivity index (χ4n) is 9.35. The van der Waals surface area contributed by atoms with Crippen LogP contribution < -0.4 is 5.32 Å². The number of hydrogen-bond acceptors (Lipinski definition) is 11. The molecule has 0 spiro atoms. The molecule has 14 heteroatoms. The van der Waals surface area contributed by atoms with Crippen molar-refractivity contribution in [2.24, 2.45) is 28.6 Å². The van der Waals surface area contributed by atoms with Crippen LogP contribution in [-0.4, -0.2) is 83.2 Å². The van der Waals surface area contributed by atoms with E-state index in [0.717, 1.165) is 0 Å². The number of unbranched alkanes of at least 4 members (excludes halogenated alkanes) is 2. The second-order valence-corrected chi connectivity index (χ2v) is 14.4. The van der Waals surface area contributed by atoms with Crippen LogP contribution in [0.15, 0.2) is 23.8 Å². The molecule has 3 saturated carbocycles. The number of halogens is 1. The van der Waals surface area contributed by atoms with Gasteiger partial charge in [-0.2, -0.15) is 0 Å². The van der Waals surface area contributed by atoms with Crippen LogP contribution in [0.25, 0.3) is 0 Å². The number of amides is 1. The van der Waals surface area contributed by atoms with E-state index in [9.17, 15) is 34.4 Å². The summed E-state index contributed by atoms with van der Waals surface area (Å²) in [6.45, 7) is 6.53. The first-order valence-electron chi connectivity index (χ1n) is 16.4. The number of allylic oxidation sites excluding steroid dienone is 4. The number of ether oxygens (including phenoxy) is 3. The Balaban J connectivity index is 1.22. The van der Waals surface area contributed by atoms with Gasteiger partial charge in [-0.3, -0.25) is 19.2 Å². The Morgan fingerprint density at radius 2 is 1.89 bits per heavy atom. The number of carbonyl (C=O) groups excluding carboxylic acids is 4. The van der Waals surface area contributed by atoms with Crippen LogP contribution in [0, 0.1) is 38.7 Å². The Morgan fingerprint density at radius 1 is 1.15 bits per heavy atom. The quantitative estimate of drug-likeness (QED) is 0.128. The van der Waals surface area contributed by atoms with E-state index < -0.39 is 64.0 Å². The number of carbonyl (C=O) groups is 4. The average Bonchev–Trinajstić information content (AvgIpc) is 3.39. The van der Waals surface area contributed by atoms with Gasteiger partial charge in [-0.05, 0) is 75.5 Å². The molecule has 0 radical (unpaired) electrons. The Labute approximate surface area is 272 Å². The summed E-state index contributed by atoms with van der Waals surface area (Å²) >= 11 is 0.